The Kier molecular flexibility index (Phi) is 9.47. The Morgan fingerprint density at radius 3 is 2.24 bits per heavy atom. The van der Waals surface area contributed by atoms with Crippen LogP contribution in [0.25, 0.3) is 0 Å². The molecule has 1 heterocycles. The third-order valence-corrected chi connectivity index (χ3v) is 5.00. The molecule has 0 aromatic heterocycles. The molecule has 1 aliphatic heterocycles. The molecule has 0 saturated carbocycles. The Hall–Kier alpha value is -2.57. The molecule has 2 rings (SSSR count). The molecule has 0 radical (unpaired) electrons. The second-order valence-corrected chi connectivity index (χ2v) is 7.23. The first-order chi connectivity index (χ1) is 14.0. The number of rotatable bonds is 10. The number of unbranched alkanes of at least 4 members (excludes halogenated alkanes) is 2. The predicted octanol–water partition coefficient (Wildman–Crippen LogP) is 3.20. The number of anilines is 2. The standard InChI is InChI=1S/C22H33N3O4/c1-3-5-6-7-21(27)25-16-14-24(15-17-25)19-10-8-18(9-11-19)23-20(26)12-13-22(28)29-4-2/h8-11H,3-7,12-17H2,1-2H3,(H,23,26). The number of hydrogen-bond donors (Lipinski definition) is 1. The van der Waals surface area contributed by atoms with E-state index in [1.165, 1.54) is 0 Å². The number of esters is 1. The van der Waals surface area contributed by atoms with Crippen LogP contribution in [-0.4, -0.2) is 55.5 Å². The van der Waals surface area contributed by atoms with Crippen LogP contribution >= 0.6 is 0 Å². The maximum absolute atomic E-state index is 12.2. The molecule has 2 amide bonds. The Balaban J connectivity index is 1.75. The summed E-state index contributed by atoms with van der Waals surface area (Å²) in [5.41, 5.74) is 1.78. The molecule has 1 N–H and O–H groups in total. The highest BCUT2D eigenvalue weighted by atomic mass is 16.5. The summed E-state index contributed by atoms with van der Waals surface area (Å²) < 4.78 is 4.82. The number of nitrogens with one attached hydrogen (secondary N) is 1. The molecule has 1 aromatic rings. The Morgan fingerprint density at radius 2 is 1.62 bits per heavy atom. The van der Waals surface area contributed by atoms with Crippen molar-refractivity contribution in [2.24, 2.45) is 0 Å². The molecule has 1 aromatic carbocycles. The molecule has 29 heavy (non-hydrogen) atoms. The first-order valence-corrected chi connectivity index (χ1v) is 10.6. The topological polar surface area (TPSA) is 79.0 Å². The van der Waals surface area contributed by atoms with Gasteiger partial charge in [0.1, 0.15) is 0 Å². The minimum atomic E-state index is -0.360. The van der Waals surface area contributed by atoms with E-state index >= 15 is 0 Å². The van der Waals surface area contributed by atoms with E-state index in [2.05, 4.69) is 17.1 Å². The molecule has 1 fully saturated rings. The third kappa shape index (κ3) is 7.75. The summed E-state index contributed by atoms with van der Waals surface area (Å²) in [6.07, 6.45) is 4.05. The fraction of sp³-hybridized carbons (Fsp3) is 0.591. The average Bonchev–Trinajstić information content (AvgIpc) is 2.73. The summed E-state index contributed by atoms with van der Waals surface area (Å²) in [7, 11) is 0. The summed E-state index contributed by atoms with van der Waals surface area (Å²) >= 11 is 0. The Morgan fingerprint density at radius 1 is 0.931 bits per heavy atom. The van der Waals surface area contributed by atoms with Crippen molar-refractivity contribution in [1.29, 1.82) is 0 Å². The lowest BCUT2D eigenvalue weighted by Gasteiger charge is -2.36. The van der Waals surface area contributed by atoms with Crippen molar-refractivity contribution in [3.8, 4) is 0 Å². The summed E-state index contributed by atoms with van der Waals surface area (Å²) in [5.74, 6) is -0.305. The van der Waals surface area contributed by atoms with Crippen molar-refractivity contribution in [2.45, 2.75) is 52.4 Å². The first kappa shape index (κ1) is 22.7. The van der Waals surface area contributed by atoms with E-state index in [9.17, 15) is 14.4 Å². The van der Waals surface area contributed by atoms with Crippen LogP contribution in [0, 0.1) is 0 Å². The van der Waals surface area contributed by atoms with E-state index in [1.807, 2.05) is 29.2 Å². The molecule has 0 unspecified atom stereocenters. The van der Waals surface area contributed by atoms with E-state index in [0.717, 1.165) is 51.1 Å². The maximum Gasteiger partial charge on any atom is 0.306 e. The largest absolute Gasteiger partial charge is 0.466 e. The number of carbonyl (C=O) groups is 3. The number of nitrogens with zero attached hydrogens (tertiary/aromatic N) is 2. The normalized spacial score (nSPS) is 13.9. The highest BCUT2D eigenvalue weighted by Gasteiger charge is 2.20. The maximum atomic E-state index is 12.2. The molecule has 1 aliphatic rings. The molecule has 1 saturated heterocycles. The van der Waals surface area contributed by atoms with Crippen molar-refractivity contribution >= 4 is 29.2 Å². The lowest BCUT2D eigenvalue weighted by atomic mass is 10.1. The van der Waals surface area contributed by atoms with Crippen molar-refractivity contribution < 1.29 is 19.1 Å². The van der Waals surface area contributed by atoms with Crippen molar-refractivity contribution in [3.63, 3.8) is 0 Å². The van der Waals surface area contributed by atoms with Gasteiger partial charge in [-0.3, -0.25) is 14.4 Å². The smallest absolute Gasteiger partial charge is 0.306 e. The zero-order valence-electron chi connectivity index (χ0n) is 17.6. The zero-order chi connectivity index (χ0) is 21.1. The Labute approximate surface area is 173 Å². The van der Waals surface area contributed by atoms with E-state index in [4.69, 9.17) is 4.74 Å². The van der Waals surface area contributed by atoms with Crippen LogP contribution in [0.5, 0.6) is 0 Å². The minimum Gasteiger partial charge on any atom is -0.466 e. The minimum absolute atomic E-state index is 0.0825. The van der Waals surface area contributed by atoms with Crippen molar-refractivity contribution in [3.05, 3.63) is 24.3 Å². The number of hydrogen-bond acceptors (Lipinski definition) is 5. The number of amides is 2. The zero-order valence-corrected chi connectivity index (χ0v) is 17.6. The van der Waals surface area contributed by atoms with Gasteiger partial charge in [-0.05, 0) is 37.6 Å². The van der Waals surface area contributed by atoms with Gasteiger partial charge in [-0.25, -0.2) is 0 Å². The highest BCUT2D eigenvalue weighted by molar-refractivity contribution is 5.92. The monoisotopic (exact) mass is 403 g/mol. The molecule has 0 bridgehead atoms. The number of piperazine rings is 1. The van der Waals surface area contributed by atoms with Crippen LogP contribution in [0.15, 0.2) is 24.3 Å². The van der Waals surface area contributed by atoms with Crippen LogP contribution < -0.4 is 10.2 Å². The highest BCUT2D eigenvalue weighted by Crippen LogP contribution is 2.20. The number of benzene rings is 1. The second-order valence-electron chi connectivity index (χ2n) is 7.23. The molecular formula is C22H33N3O4. The molecule has 0 spiro atoms. The summed E-state index contributed by atoms with van der Waals surface area (Å²) in [4.78, 5) is 39.7. The lowest BCUT2D eigenvalue weighted by Crippen LogP contribution is -2.48. The SMILES string of the molecule is CCCCCC(=O)N1CCN(c2ccc(NC(=O)CCC(=O)OCC)cc2)CC1. The summed E-state index contributed by atoms with van der Waals surface area (Å²) in [5, 5.41) is 2.80. The van der Waals surface area contributed by atoms with Gasteiger partial charge >= 0.3 is 5.97 Å². The molecule has 0 atom stereocenters. The molecule has 7 heteroatoms. The van der Waals surface area contributed by atoms with Gasteiger partial charge in [-0.15, -0.1) is 0 Å². The van der Waals surface area contributed by atoms with Crippen LogP contribution in [0.1, 0.15) is 52.4 Å². The van der Waals surface area contributed by atoms with Crippen LogP contribution in [0.4, 0.5) is 11.4 Å². The van der Waals surface area contributed by atoms with Crippen LogP contribution in [0.2, 0.25) is 0 Å². The van der Waals surface area contributed by atoms with Crippen LogP contribution in [0.3, 0.4) is 0 Å². The average molecular weight is 404 g/mol. The second kappa shape index (κ2) is 12.1. The van der Waals surface area contributed by atoms with E-state index in [1.54, 1.807) is 6.92 Å². The number of carbonyl (C=O) groups excluding carboxylic acids is 3. The van der Waals surface area contributed by atoms with Gasteiger partial charge in [0.2, 0.25) is 11.8 Å². The quantitative estimate of drug-likeness (QED) is 0.479. The molecule has 160 valence electrons. The van der Waals surface area contributed by atoms with E-state index < -0.39 is 0 Å². The summed E-state index contributed by atoms with van der Waals surface area (Å²) in [6, 6.07) is 7.67. The van der Waals surface area contributed by atoms with Gasteiger partial charge in [-0.2, -0.15) is 0 Å². The fourth-order valence-corrected chi connectivity index (χ4v) is 3.33. The van der Waals surface area contributed by atoms with E-state index in [-0.39, 0.29) is 30.6 Å². The van der Waals surface area contributed by atoms with Crippen LogP contribution in [-0.2, 0) is 19.1 Å². The third-order valence-electron chi connectivity index (χ3n) is 5.00. The number of ether oxygens (including phenoxy) is 1. The van der Waals surface area contributed by atoms with Gasteiger partial charge in [-0.1, -0.05) is 19.8 Å². The molecule has 7 nitrogen and oxygen atoms in total. The lowest BCUT2D eigenvalue weighted by molar-refractivity contribution is -0.144. The summed E-state index contributed by atoms with van der Waals surface area (Å²) in [6.45, 7) is 7.32. The van der Waals surface area contributed by atoms with Crippen molar-refractivity contribution in [2.75, 3.05) is 43.0 Å². The van der Waals surface area contributed by atoms with E-state index in [0.29, 0.717) is 18.7 Å². The first-order valence-electron chi connectivity index (χ1n) is 10.6. The fourth-order valence-electron chi connectivity index (χ4n) is 3.33. The van der Waals surface area contributed by atoms with Gasteiger partial charge < -0.3 is 19.9 Å². The predicted molar refractivity (Wildman–Crippen MR) is 114 cm³/mol. The van der Waals surface area contributed by atoms with Crippen molar-refractivity contribution in [1.82, 2.24) is 4.90 Å². The van der Waals surface area contributed by atoms with Gasteiger partial charge in [0.05, 0.1) is 13.0 Å². The molecule has 0 aliphatic carbocycles. The van der Waals surface area contributed by atoms with Gasteiger partial charge in [0, 0.05) is 50.4 Å². The molecular weight excluding hydrogens is 370 g/mol. The van der Waals surface area contributed by atoms with Gasteiger partial charge in [0.25, 0.3) is 0 Å². The Bertz CT molecular complexity index is 667. The van der Waals surface area contributed by atoms with Gasteiger partial charge in [0.15, 0.2) is 0 Å².